The fourth-order valence-corrected chi connectivity index (χ4v) is 3.59. The second-order valence-corrected chi connectivity index (χ2v) is 9.13. The first-order chi connectivity index (χ1) is 15.8. The molecule has 0 spiro atoms. The molecule has 0 saturated heterocycles. The summed E-state index contributed by atoms with van der Waals surface area (Å²) < 4.78 is 39.1. The van der Waals surface area contributed by atoms with Gasteiger partial charge >= 0.3 is 6.18 Å². The van der Waals surface area contributed by atoms with Crippen LogP contribution in [0.15, 0.2) is 48.5 Å². The Labute approximate surface area is 210 Å². The van der Waals surface area contributed by atoms with Crippen molar-refractivity contribution in [3.63, 3.8) is 0 Å². The molecule has 2 atom stereocenters. The van der Waals surface area contributed by atoms with Crippen molar-refractivity contribution in [1.82, 2.24) is 5.32 Å². The number of amides is 1. The van der Waals surface area contributed by atoms with Crippen LogP contribution in [-0.2, 0) is 14.4 Å². The van der Waals surface area contributed by atoms with Gasteiger partial charge < -0.3 is 5.32 Å². The van der Waals surface area contributed by atoms with Gasteiger partial charge in [-0.05, 0) is 47.4 Å². The van der Waals surface area contributed by atoms with Gasteiger partial charge in [-0.25, -0.2) is 0 Å². The second kappa shape index (κ2) is 11.9. The topological polar surface area (TPSA) is 63.2 Å². The molecule has 0 bridgehead atoms. The van der Waals surface area contributed by atoms with Crippen LogP contribution >= 0.6 is 34.8 Å². The van der Waals surface area contributed by atoms with Crippen molar-refractivity contribution in [3.05, 3.63) is 74.7 Å². The van der Waals surface area contributed by atoms with Gasteiger partial charge in [0.1, 0.15) is 6.04 Å². The highest BCUT2D eigenvalue weighted by Crippen LogP contribution is 2.30. The van der Waals surface area contributed by atoms with E-state index in [4.69, 9.17) is 34.8 Å². The van der Waals surface area contributed by atoms with E-state index in [1.807, 2.05) is 0 Å². The van der Waals surface area contributed by atoms with Gasteiger partial charge in [-0.15, -0.1) is 0 Å². The number of hydrogen-bond donors (Lipinski definition) is 1. The minimum Gasteiger partial charge on any atom is -0.339 e. The van der Waals surface area contributed by atoms with Gasteiger partial charge in [0.15, 0.2) is 5.78 Å². The van der Waals surface area contributed by atoms with Crippen LogP contribution in [0.4, 0.5) is 13.2 Å². The molecule has 2 aromatic carbocycles. The molecule has 0 unspecified atom stereocenters. The summed E-state index contributed by atoms with van der Waals surface area (Å²) in [5.74, 6) is -5.71. The Hall–Kier alpha value is -2.35. The van der Waals surface area contributed by atoms with E-state index in [0.717, 1.165) is 6.08 Å². The summed E-state index contributed by atoms with van der Waals surface area (Å²) in [6, 6.07) is 9.33. The molecular weight excluding hydrogens is 514 g/mol. The van der Waals surface area contributed by atoms with Crippen LogP contribution in [-0.4, -0.2) is 23.6 Å². The molecule has 2 rings (SSSR count). The molecule has 0 aromatic heterocycles. The Morgan fingerprint density at radius 1 is 0.971 bits per heavy atom. The van der Waals surface area contributed by atoms with Crippen molar-refractivity contribution in [2.45, 2.75) is 32.5 Å². The molecule has 0 radical (unpaired) electrons. The van der Waals surface area contributed by atoms with Gasteiger partial charge in [-0.3, -0.25) is 14.4 Å². The third-order valence-corrected chi connectivity index (χ3v) is 6.02. The smallest absolute Gasteiger partial charge is 0.339 e. The summed E-state index contributed by atoms with van der Waals surface area (Å²) in [5, 5.41) is 3.49. The van der Waals surface area contributed by atoms with Gasteiger partial charge in [0, 0.05) is 23.4 Å². The van der Waals surface area contributed by atoms with Crippen LogP contribution in [0, 0.1) is 11.8 Å². The third-order valence-electron chi connectivity index (χ3n) is 5.02. The molecule has 0 fully saturated rings. The van der Waals surface area contributed by atoms with E-state index in [2.05, 4.69) is 5.32 Å². The highest BCUT2D eigenvalue weighted by molar-refractivity contribution is 6.42. The van der Waals surface area contributed by atoms with Crippen molar-refractivity contribution < 1.29 is 27.6 Å². The van der Waals surface area contributed by atoms with Crippen LogP contribution < -0.4 is 5.32 Å². The molecule has 0 aliphatic heterocycles. The van der Waals surface area contributed by atoms with E-state index in [9.17, 15) is 27.6 Å². The summed E-state index contributed by atoms with van der Waals surface area (Å²) in [5.41, 5.74) is 0.877. The maximum absolute atomic E-state index is 13.0. The monoisotopic (exact) mass is 533 g/mol. The van der Waals surface area contributed by atoms with E-state index in [-0.39, 0.29) is 5.02 Å². The minimum atomic E-state index is -5.07. The zero-order valence-corrected chi connectivity index (χ0v) is 20.4. The van der Waals surface area contributed by atoms with E-state index >= 15 is 0 Å². The predicted molar refractivity (Wildman–Crippen MR) is 127 cm³/mol. The lowest BCUT2D eigenvalue weighted by atomic mass is 9.84. The predicted octanol–water partition coefficient (Wildman–Crippen LogP) is 6.88. The first kappa shape index (κ1) is 27.9. The van der Waals surface area contributed by atoms with E-state index in [1.165, 1.54) is 50.3 Å². The molecule has 10 heteroatoms. The first-order valence-electron chi connectivity index (χ1n) is 10.1. The van der Waals surface area contributed by atoms with Crippen LogP contribution in [0.1, 0.15) is 37.4 Å². The highest BCUT2D eigenvalue weighted by atomic mass is 35.5. The summed E-state index contributed by atoms with van der Waals surface area (Å²) in [4.78, 5) is 37.5. The molecular formula is C24H21Cl3F3NO3. The van der Waals surface area contributed by atoms with Gasteiger partial charge in [0.25, 0.3) is 0 Å². The number of rotatable bonds is 9. The number of benzene rings is 2. The van der Waals surface area contributed by atoms with Crippen LogP contribution in [0.3, 0.4) is 0 Å². The van der Waals surface area contributed by atoms with Crippen molar-refractivity contribution in [3.8, 4) is 0 Å². The van der Waals surface area contributed by atoms with Crippen LogP contribution in [0.25, 0.3) is 6.08 Å². The maximum Gasteiger partial charge on any atom is 0.450 e. The van der Waals surface area contributed by atoms with E-state index in [1.54, 1.807) is 12.1 Å². The van der Waals surface area contributed by atoms with Crippen LogP contribution in [0.5, 0.6) is 0 Å². The fourth-order valence-electron chi connectivity index (χ4n) is 3.16. The van der Waals surface area contributed by atoms with E-state index in [0.29, 0.717) is 21.2 Å². The number of ketones is 2. The lowest BCUT2D eigenvalue weighted by Crippen LogP contribution is -2.38. The largest absolute Gasteiger partial charge is 0.450 e. The Morgan fingerprint density at radius 3 is 2.12 bits per heavy atom. The summed E-state index contributed by atoms with van der Waals surface area (Å²) in [6.07, 6.45) is -3.18. The maximum atomic E-state index is 13.0. The van der Waals surface area contributed by atoms with Crippen molar-refractivity contribution >= 4 is 58.4 Å². The minimum absolute atomic E-state index is 0.285. The van der Waals surface area contributed by atoms with Crippen LogP contribution in [0.2, 0.25) is 15.1 Å². The summed E-state index contributed by atoms with van der Waals surface area (Å²) >= 11 is 17.7. The second-order valence-electron chi connectivity index (χ2n) is 7.88. The molecule has 34 heavy (non-hydrogen) atoms. The number of Topliss-reactive ketones (excluding diaryl/α,β-unsaturated/α-hetero) is 2. The molecule has 0 aliphatic carbocycles. The quantitative estimate of drug-likeness (QED) is 0.357. The van der Waals surface area contributed by atoms with Crippen molar-refractivity contribution in [2.75, 3.05) is 0 Å². The zero-order chi connectivity index (χ0) is 25.6. The van der Waals surface area contributed by atoms with Gasteiger partial charge in [0.05, 0.1) is 10.0 Å². The molecule has 0 aliphatic rings. The number of alkyl halides is 3. The average molecular weight is 535 g/mol. The Balaban J connectivity index is 2.28. The molecule has 4 nitrogen and oxygen atoms in total. The Kier molecular flexibility index (Phi) is 9.74. The van der Waals surface area contributed by atoms with Crippen molar-refractivity contribution in [1.29, 1.82) is 0 Å². The molecule has 0 saturated carbocycles. The lowest BCUT2D eigenvalue weighted by molar-refractivity contribution is -0.177. The Morgan fingerprint density at radius 2 is 1.59 bits per heavy atom. The van der Waals surface area contributed by atoms with E-state index < -0.39 is 47.9 Å². The fraction of sp³-hybridized carbons (Fsp3) is 0.292. The van der Waals surface area contributed by atoms with Crippen molar-refractivity contribution in [2.24, 2.45) is 11.8 Å². The molecule has 0 heterocycles. The summed E-state index contributed by atoms with van der Waals surface area (Å²) in [7, 11) is 0. The normalized spacial score (nSPS) is 13.7. The average Bonchev–Trinajstić information content (AvgIpc) is 2.76. The molecule has 2 aromatic rings. The molecule has 1 amide bonds. The number of carbonyl (C=O) groups is 3. The number of halogens is 6. The Bertz CT molecular complexity index is 1080. The van der Waals surface area contributed by atoms with Gasteiger partial charge in [-0.1, -0.05) is 66.8 Å². The zero-order valence-electron chi connectivity index (χ0n) is 18.1. The first-order valence-corrected chi connectivity index (χ1v) is 11.3. The molecule has 182 valence electrons. The molecule has 1 N–H and O–H groups in total. The number of nitrogens with one attached hydrogen (secondary N) is 1. The highest BCUT2D eigenvalue weighted by Gasteiger charge is 2.45. The summed E-state index contributed by atoms with van der Waals surface area (Å²) in [6.45, 7) is 2.86. The standard InChI is InChI=1S/C24H21Cl3F3NO3/c1-13(2)17(23(34)24(28,29)30)12-20(32)22(15-5-7-16(25)8-6-15)31-21(33)10-4-14-3-9-18(26)19(27)11-14/h3-11,13,17,22H,12H2,1-2H3,(H,31,33)/b10-4+/t17-,22-/m0/s1. The number of carbonyl (C=O) groups excluding carboxylic acids is 3. The van der Waals surface area contributed by atoms with Gasteiger partial charge in [-0.2, -0.15) is 13.2 Å². The third kappa shape index (κ3) is 7.86. The lowest BCUT2D eigenvalue weighted by Gasteiger charge is -2.24. The van der Waals surface area contributed by atoms with Gasteiger partial charge in [0.2, 0.25) is 11.7 Å². The SMILES string of the molecule is CC(C)[C@H](CC(=O)[C@@H](NC(=O)/C=C/c1ccc(Cl)c(Cl)c1)c1ccc(Cl)cc1)C(=O)C(F)(F)F. The number of hydrogen-bond acceptors (Lipinski definition) is 3.